The molecule has 0 aliphatic heterocycles. The van der Waals surface area contributed by atoms with Crippen LogP contribution in [0.25, 0.3) is 0 Å². The van der Waals surface area contributed by atoms with E-state index in [1.54, 1.807) is 0 Å². The summed E-state index contributed by atoms with van der Waals surface area (Å²) < 4.78 is 3.88. The van der Waals surface area contributed by atoms with Gasteiger partial charge in [-0.15, -0.1) is 0 Å². The SMILES string of the molecule is CCn1ncc(C)c1CNc1cc(C)n(C)n1. The highest BCUT2D eigenvalue weighted by Crippen LogP contribution is 2.12. The molecule has 1 N–H and O–H groups in total. The number of anilines is 1. The van der Waals surface area contributed by atoms with Gasteiger partial charge in [0.1, 0.15) is 5.82 Å². The topological polar surface area (TPSA) is 47.7 Å². The highest BCUT2D eigenvalue weighted by atomic mass is 15.3. The van der Waals surface area contributed by atoms with Gasteiger partial charge >= 0.3 is 0 Å². The Hall–Kier alpha value is -1.78. The summed E-state index contributed by atoms with van der Waals surface area (Å²) in [6.07, 6.45) is 1.91. The molecular weight excluding hydrogens is 214 g/mol. The van der Waals surface area contributed by atoms with Gasteiger partial charge in [0.2, 0.25) is 0 Å². The monoisotopic (exact) mass is 233 g/mol. The van der Waals surface area contributed by atoms with Crippen LogP contribution in [0, 0.1) is 13.8 Å². The fourth-order valence-electron chi connectivity index (χ4n) is 1.83. The van der Waals surface area contributed by atoms with Crippen LogP contribution in [-0.4, -0.2) is 19.6 Å². The van der Waals surface area contributed by atoms with Crippen LogP contribution in [0.5, 0.6) is 0 Å². The van der Waals surface area contributed by atoms with E-state index >= 15 is 0 Å². The fourth-order valence-corrected chi connectivity index (χ4v) is 1.83. The van der Waals surface area contributed by atoms with Crippen LogP contribution in [0.15, 0.2) is 12.3 Å². The summed E-state index contributed by atoms with van der Waals surface area (Å²) in [5.74, 6) is 0.910. The van der Waals surface area contributed by atoms with Crippen LogP contribution >= 0.6 is 0 Å². The number of aryl methyl sites for hydroxylation is 4. The number of nitrogens with one attached hydrogen (secondary N) is 1. The second kappa shape index (κ2) is 4.61. The molecule has 0 bridgehead atoms. The maximum atomic E-state index is 4.37. The smallest absolute Gasteiger partial charge is 0.148 e. The van der Waals surface area contributed by atoms with Gasteiger partial charge in [-0.3, -0.25) is 9.36 Å². The van der Waals surface area contributed by atoms with Crippen LogP contribution in [0.1, 0.15) is 23.9 Å². The van der Waals surface area contributed by atoms with Gasteiger partial charge in [0, 0.05) is 25.4 Å². The molecule has 5 heteroatoms. The van der Waals surface area contributed by atoms with Crippen LogP contribution < -0.4 is 5.32 Å². The first kappa shape index (κ1) is 11.7. The van der Waals surface area contributed by atoms with Crippen LogP contribution in [-0.2, 0) is 20.1 Å². The Morgan fingerprint density at radius 2 is 2.12 bits per heavy atom. The molecule has 2 heterocycles. The summed E-state index contributed by atoms with van der Waals surface area (Å²) in [5, 5.41) is 12.0. The molecule has 0 aliphatic rings. The number of hydrogen-bond acceptors (Lipinski definition) is 3. The Morgan fingerprint density at radius 1 is 1.35 bits per heavy atom. The fraction of sp³-hybridized carbons (Fsp3) is 0.500. The third kappa shape index (κ3) is 2.33. The summed E-state index contributed by atoms with van der Waals surface area (Å²) in [7, 11) is 1.95. The molecule has 2 aromatic rings. The van der Waals surface area contributed by atoms with Crippen molar-refractivity contribution in [2.45, 2.75) is 33.9 Å². The second-order valence-electron chi connectivity index (χ2n) is 4.24. The van der Waals surface area contributed by atoms with E-state index in [9.17, 15) is 0 Å². The van der Waals surface area contributed by atoms with Gasteiger partial charge in [-0.25, -0.2) is 0 Å². The lowest BCUT2D eigenvalue weighted by molar-refractivity contribution is 0.626. The Morgan fingerprint density at radius 3 is 2.71 bits per heavy atom. The van der Waals surface area contributed by atoms with E-state index in [0.29, 0.717) is 0 Å². The predicted octanol–water partition coefficient (Wildman–Crippen LogP) is 1.87. The van der Waals surface area contributed by atoms with Gasteiger partial charge in [-0.1, -0.05) is 0 Å². The van der Waals surface area contributed by atoms with Crippen molar-refractivity contribution >= 4 is 5.82 Å². The normalized spacial score (nSPS) is 10.8. The van der Waals surface area contributed by atoms with E-state index in [4.69, 9.17) is 0 Å². The standard InChI is InChI=1S/C12H19N5/c1-5-17-11(9(2)7-14-17)8-13-12-6-10(3)16(4)15-12/h6-7H,5,8H2,1-4H3,(H,13,15). The molecule has 5 nitrogen and oxygen atoms in total. The summed E-state index contributed by atoms with van der Waals surface area (Å²) in [6.45, 7) is 7.88. The number of aromatic nitrogens is 4. The molecule has 0 amide bonds. The first-order chi connectivity index (χ1) is 8.11. The average Bonchev–Trinajstić information content (AvgIpc) is 2.80. The van der Waals surface area contributed by atoms with Gasteiger partial charge < -0.3 is 5.32 Å². The lowest BCUT2D eigenvalue weighted by Crippen LogP contribution is -2.09. The lowest BCUT2D eigenvalue weighted by Gasteiger charge is -2.07. The van der Waals surface area contributed by atoms with Crippen molar-refractivity contribution in [2.75, 3.05) is 5.32 Å². The Balaban J connectivity index is 2.09. The Labute approximate surface area is 101 Å². The minimum atomic E-state index is 0.760. The molecular formula is C12H19N5. The van der Waals surface area contributed by atoms with Gasteiger partial charge in [-0.2, -0.15) is 10.2 Å². The molecule has 17 heavy (non-hydrogen) atoms. The predicted molar refractivity (Wildman–Crippen MR) is 67.9 cm³/mol. The van der Waals surface area contributed by atoms with Crippen molar-refractivity contribution < 1.29 is 0 Å². The molecule has 0 saturated carbocycles. The third-order valence-electron chi connectivity index (χ3n) is 3.01. The summed E-state index contributed by atoms with van der Waals surface area (Å²) >= 11 is 0. The first-order valence-electron chi connectivity index (χ1n) is 5.87. The molecule has 0 atom stereocenters. The molecule has 0 unspecified atom stereocenters. The summed E-state index contributed by atoms with van der Waals surface area (Å²) in [5.41, 5.74) is 3.58. The van der Waals surface area contributed by atoms with E-state index in [0.717, 1.165) is 24.6 Å². The highest BCUT2D eigenvalue weighted by molar-refractivity contribution is 5.36. The Kier molecular flexibility index (Phi) is 3.17. The van der Waals surface area contributed by atoms with Crippen molar-refractivity contribution in [3.63, 3.8) is 0 Å². The minimum absolute atomic E-state index is 0.760. The molecule has 0 aliphatic carbocycles. The molecule has 92 valence electrons. The molecule has 2 rings (SSSR count). The van der Waals surface area contributed by atoms with E-state index < -0.39 is 0 Å². The minimum Gasteiger partial charge on any atom is -0.363 e. The molecule has 0 radical (unpaired) electrons. The van der Waals surface area contributed by atoms with Crippen molar-refractivity contribution in [2.24, 2.45) is 7.05 Å². The van der Waals surface area contributed by atoms with E-state index in [2.05, 4.69) is 29.4 Å². The largest absolute Gasteiger partial charge is 0.363 e. The van der Waals surface area contributed by atoms with Crippen LogP contribution in [0.4, 0.5) is 5.82 Å². The van der Waals surface area contributed by atoms with Crippen LogP contribution in [0.3, 0.4) is 0 Å². The number of nitrogens with zero attached hydrogens (tertiary/aromatic N) is 4. The molecule has 0 fully saturated rings. The maximum Gasteiger partial charge on any atom is 0.148 e. The highest BCUT2D eigenvalue weighted by Gasteiger charge is 2.07. The average molecular weight is 233 g/mol. The lowest BCUT2D eigenvalue weighted by atomic mass is 10.2. The summed E-state index contributed by atoms with van der Waals surface area (Å²) in [6, 6.07) is 2.04. The number of hydrogen-bond donors (Lipinski definition) is 1. The number of rotatable bonds is 4. The van der Waals surface area contributed by atoms with Gasteiger partial charge in [0.05, 0.1) is 18.4 Å². The molecule has 0 spiro atoms. The summed E-state index contributed by atoms with van der Waals surface area (Å²) in [4.78, 5) is 0. The van der Waals surface area contributed by atoms with Gasteiger partial charge in [0.25, 0.3) is 0 Å². The van der Waals surface area contributed by atoms with E-state index in [1.807, 2.05) is 35.6 Å². The van der Waals surface area contributed by atoms with Crippen LogP contribution in [0.2, 0.25) is 0 Å². The zero-order valence-corrected chi connectivity index (χ0v) is 10.9. The van der Waals surface area contributed by atoms with Gasteiger partial charge in [-0.05, 0) is 26.3 Å². The van der Waals surface area contributed by atoms with Crippen molar-refractivity contribution in [1.29, 1.82) is 0 Å². The maximum absolute atomic E-state index is 4.37. The Bertz CT molecular complexity index is 489. The molecule has 0 saturated heterocycles. The zero-order valence-electron chi connectivity index (χ0n) is 10.9. The van der Waals surface area contributed by atoms with Crippen molar-refractivity contribution in [3.8, 4) is 0 Å². The zero-order chi connectivity index (χ0) is 12.4. The van der Waals surface area contributed by atoms with Gasteiger partial charge in [0.15, 0.2) is 0 Å². The molecule has 2 aromatic heterocycles. The van der Waals surface area contributed by atoms with Crippen molar-refractivity contribution in [1.82, 2.24) is 19.6 Å². The van der Waals surface area contributed by atoms with Crippen molar-refractivity contribution in [3.05, 3.63) is 29.2 Å². The molecule has 0 aromatic carbocycles. The second-order valence-corrected chi connectivity index (χ2v) is 4.24. The van der Waals surface area contributed by atoms with E-state index in [1.165, 1.54) is 11.3 Å². The first-order valence-corrected chi connectivity index (χ1v) is 5.87. The quantitative estimate of drug-likeness (QED) is 0.877. The third-order valence-corrected chi connectivity index (χ3v) is 3.01. The van der Waals surface area contributed by atoms with E-state index in [-0.39, 0.29) is 0 Å².